The Morgan fingerprint density at radius 1 is 1.10 bits per heavy atom. The van der Waals surface area contributed by atoms with E-state index < -0.39 is 0 Å². The van der Waals surface area contributed by atoms with Gasteiger partial charge in [0.25, 0.3) is 5.65 Å². The Kier molecular flexibility index (Phi) is 4.76. The van der Waals surface area contributed by atoms with Gasteiger partial charge < -0.3 is 9.84 Å². The number of aromatic nitrogens is 2. The molecule has 0 amide bonds. The van der Waals surface area contributed by atoms with Crippen molar-refractivity contribution in [2.45, 2.75) is 18.2 Å². The molecule has 0 aliphatic carbocycles. The van der Waals surface area contributed by atoms with Crippen molar-refractivity contribution < 1.29 is 14.4 Å². The molecule has 2 aromatic heterocycles. The summed E-state index contributed by atoms with van der Waals surface area (Å²) in [5.74, 6) is 1.61. The van der Waals surface area contributed by atoms with Gasteiger partial charge in [0.05, 0.1) is 24.4 Å². The first kappa shape index (κ1) is 19.2. The summed E-state index contributed by atoms with van der Waals surface area (Å²) in [6.07, 6.45) is 0.748. The van der Waals surface area contributed by atoms with Gasteiger partial charge in [-0.3, -0.25) is 0 Å². The van der Waals surface area contributed by atoms with Crippen molar-refractivity contribution in [1.82, 2.24) is 4.40 Å². The normalized spacial score (nSPS) is 12.0. The fraction of sp³-hybridized carbons (Fsp3) is 0.250. The Balaban J connectivity index is 1.90. The molecule has 0 saturated carbocycles. The van der Waals surface area contributed by atoms with Gasteiger partial charge in [-0.1, -0.05) is 12.1 Å². The van der Waals surface area contributed by atoms with Crippen LogP contribution in [0.4, 0.5) is 0 Å². The van der Waals surface area contributed by atoms with Gasteiger partial charge in [-0.2, -0.15) is 4.40 Å². The quantitative estimate of drug-likeness (QED) is 0.258. The van der Waals surface area contributed by atoms with Crippen molar-refractivity contribution in [3.8, 4) is 5.75 Å². The van der Waals surface area contributed by atoms with Gasteiger partial charge in [0.1, 0.15) is 5.75 Å². The molecule has 0 atom stereocenters. The molecular formula is C24H23N2O3S+. The number of rotatable bonds is 6. The predicted molar refractivity (Wildman–Crippen MR) is 122 cm³/mol. The molecule has 5 aromatic rings. The highest BCUT2D eigenvalue weighted by atomic mass is 32.2. The van der Waals surface area contributed by atoms with Crippen LogP contribution in [0.3, 0.4) is 0 Å². The van der Waals surface area contributed by atoms with Gasteiger partial charge >= 0.3 is 5.56 Å². The molecule has 0 radical (unpaired) electrons. The summed E-state index contributed by atoms with van der Waals surface area (Å²) in [4.78, 5) is 14.8. The van der Waals surface area contributed by atoms with Crippen molar-refractivity contribution in [1.29, 1.82) is 0 Å². The Labute approximate surface area is 177 Å². The van der Waals surface area contributed by atoms with E-state index in [9.17, 15) is 4.79 Å². The average molecular weight is 420 g/mol. The lowest BCUT2D eigenvalue weighted by Gasteiger charge is -2.09. The number of hydrogen-bond acceptors (Lipinski definition) is 4. The Hall–Kier alpha value is -2.83. The van der Waals surface area contributed by atoms with E-state index in [1.165, 1.54) is 0 Å². The largest absolute Gasteiger partial charge is 0.494 e. The molecule has 0 fully saturated rings. The number of benzene rings is 3. The van der Waals surface area contributed by atoms with E-state index in [0.29, 0.717) is 6.61 Å². The molecule has 3 aromatic carbocycles. The van der Waals surface area contributed by atoms with E-state index in [4.69, 9.17) is 9.84 Å². The fourth-order valence-electron chi connectivity index (χ4n) is 4.34. The summed E-state index contributed by atoms with van der Waals surface area (Å²) in [5.41, 5.74) is 2.72. The van der Waals surface area contributed by atoms with E-state index in [-0.39, 0.29) is 12.2 Å². The summed E-state index contributed by atoms with van der Waals surface area (Å²) < 4.78 is 9.59. The number of aliphatic hydroxyl groups is 1. The minimum Gasteiger partial charge on any atom is -0.494 e. The SMILES string of the molecule is CCOc1ccc2c(c1)n1c(=O)c3ccc(SCCCO)c4cccc(c43)c1[n+]2C. The van der Waals surface area contributed by atoms with Crippen molar-refractivity contribution in [3.05, 3.63) is 58.9 Å². The summed E-state index contributed by atoms with van der Waals surface area (Å²) in [6, 6.07) is 16.1. The van der Waals surface area contributed by atoms with Crippen molar-refractivity contribution in [3.63, 3.8) is 0 Å². The maximum Gasteiger partial charge on any atom is 0.347 e. The number of ether oxygens (including phenoxy) is 1. The van der Waals surface area contributed by atoms with Crippen molar-refractivity contribution >= 4 is 50.0 Å². The van der Waals surface area contributed by atoms with Crippen LogP contribution in [-0.4, -0.2) is 28.5 Å². The molecule has 0 saturated heterocycles. The molecule has 6 heteroatoms. The maximum absolute atomic E-state index is 13.6. The summed E-state index contributed by atoms with van der Waals surface area (Å²) in [6.45, 7) is 2.72. The Morgan fingerprint density at radius 3 is 2.73 bits per heavy atom. The van der Waals surface area contributed by atoms with Crippen LogP contribution in [0.2, 0.25) is 0 Å². The molecule has 30 heavy (non-hydrogen) atoms. The molecule has 0 spiro atoms. The van der Waals surface area contributed by atoms with Crippen molar-refractivity contribution in [2.24, 2.45) is 7.05 Å². The van der Waals surface area contributed by atoms with Gasteiger partial charge in [0.2, 0.25) is 0 Å². The average Bonchev–Trinajstić information content (AvgIpc) is 3.05. The van der Waals surface area contributed by atoms with Crippen LogP contribution >= 0.6 is 11.8 Å². The van der Waals surface area contributed by atoms with Crippen molar-refractivity contribution in [2.75, 3.05) is 19.0 Å². The molecule has 2 heterocycles. The number of pyridine rings is 1. The van der Waals surface area contributed by atoms with Crippen LogP contribution in [0.25, 0.3) is 38.2 Å². The smallest absolute Gasteiger partial charge is 0.347 e. The van der Waals surface area contributed by atoms with E-state index >= 15 is 0 Å². The molecule has 0 unspecified atom stereocenters. The lowest BCUT2D eigenvalue weighted by molar-refractivity contribution is -0.617. The Bertz CT molecular complexity index is 1460. The lowest BCUT2D eigenvalue weighted by Crippen LogP contribution is -2.29. The third-order valence-corrected chi connectivity index (χ3v) is 6.78. The van der Waals surface area contributed by atoms with Gasteiger partial charge in [-0.05, 0) is 49.1 Å². The number of fused-ring (bicyclic) bond motifs is 4. The summed E-state index contributed by atoms with van der Waals surface area (Å²) in [5, 5.41) is 13.0. The highest BCUT2D eigenvalue weighted by Crippen LogP contribution is 2.35. The van der Waals surface area contributed by atoms with Gasteiger partial charge in [-0.25, -0.2) is 9.36 Å². The first-order chi connectivity index (χ1) is 14.7. The molecule has 1 N–H and O–H groups in total. The minimum atomic E-state index is -0.0140. The van der Waals surface area contributed by atoms with Gasteiger partial charge in [0.15, 0.2) is 11.0 Å². The second-order valence-corrected chi connectivity index (χ2v) is 8.51. The standard InChI is InChI=1S/C24H23N2O3S/c1-3-29-15-8-10-19-20(14-15)26-23(25(19)2)17-7-4-6-16-21(30-13-5-12-27)11-9-18(22(16)17)24(26)28/h4,6-11,14,27H,3,5,12-13H2,1-2H3/q+1. The van der Waals surface area contributed by atoms with E-state index in [2.05, 4.69) is 22.8 Å². The number of thioether (sulfide) groups is 1. The molecule has 5 rings (SSSR count). The Morgan fingerprint density at radius 2 is 1.93 bits per heavy atom. The molecular weight excluding hydrogens is 396 g/mol. The second kappa shape index (κ2) is 7.45. The zero-order chi connectivity index (χ0) is 20.8. The highest BCUT2D eigenvalue weighted by molar-refractivity contribution is 7.99. The number of aryl methyl sites for hydroxylation is 1. The monoisotopic (exact) mass is 419 g/mol. The number of nitrogens with zero attached hydrogens (tertiary/aromatic N) is 2. The van der Waals surface area contributed by atoms with E-state index in [1.807, 2.05) is 48.7 Å². The maximum atomic E-state index is 13.6. The van der Waals surface area contributed by atoms with E-state index in [1.54, 1.807) is 11.8 Å². The van der Waals surface area contributed by atoms with Crippen LogP contribution < -0.4 is 14.9 Å². The second-order valence-electron chi connectivity index (χ2n) is 7.37. The highest BCUT2D eigenvalue weighted by Gasteiger charge is 2.25. The van der Waals surface area contributed by atoms with Crippen LogP contribution in [0.5, 0.6) is 5.75 Å². The van der Waals surface area contributed by atoms with Crippen LogP contribution in [0, 0.1) is 0 Å². The molecule has 152 valence electrons. The third kappa shape index (κ3) is 2.75. The predicted octanol–water partition coefficient (Wildman–Crippen LogP) is 3.89. The first-order valence-electron chi connectivity index (χ1n) is 10.2. The van der Waals surface area contributed by atoms with Crippen LogP contribution in [0.1, 0.15) is 13.3 Å². The topological polar surface area (TPSA) is 54.8 Å². The summed E-state index contributed by atoms with van der Waals surface area (Å²) in [7, 11) is 2.01. The first-order valence-corrected chi connectivity index (χ1v) is 11.2. The fourth-order valence-corrected chi connectivity index (χ4v) is 5.33. The zero-order valence-corrected chi connectivity index (χ0v) is 17.8. The van der Waals surface area contributed by atoms with Crippen LogP contribution in [-0.2, 0) is 7.05 Å². The van der Waals surface area contributed by atoms with Crippen LogP contribution in [0.15, 0.2) is 58.2 Å². The molecule has 5 nitrogen and oxygen atoms in total. The van der Waals surface area contributed by atoms with Gasteiger partial charge in [0, 0.05) is 28.7 Å². The number of hydrogen-bond donors (Lipinski definition) is 1. The van der Waals surface area contributed by atoms with Gasteiger partial charge in [-0.15, -0.1) is 11.8 Å². The minimum absolute atomic E-state index is 0.0140. The molecule has 0 bridgehead atoms. The van der Waals surface area contributed by atoms with E-state index in [0.717, 1.165) is 61.0 Å². The summed E-state index contributed by atoms with van der Waals surface area (Å²) >= 11 is 1.72. The third-order valence-electron chi connectivity index (χ3n) is 5.62. The molecule has 0 aliphatic rings. The zero-order valence-electron chi connectivity index (χ0n) is 17.0. The number of imidazole rings is 1. The lowest BCUT2D eigenvalue weighted by atomic mass is 10.0. The number of aliphatic hydroxyl groups excluding tert-OH is 1. The molecule has 0 aliphatic heterocycles.